The molecule has 1 aliphatic rings. The molecule has 1 fully saturated rings. The molecule has 0 heterocycles. The Morgan fingerprint density at radius 2 is 1.07 bits per heavy atom. The second-order valence-corrected chi connectivity index (χ2v) is 8.00. The highest BCUT2D eigenvalue weighted by atomic mass is 16.2. The van der Waals surface area contributed by atoms with E-state index in [-0.39, 0.29) is 23.9 Å². The van der Waals surface area contributed by atoms with Crippen molar-refractivity contribution in [3.05, 3.63) is 82.9 Å². The highest BCUT2D eigenvalue weighted by Crippen LogP contribution is 2.19. The van der Waals surface area contributed by atoms with Gasteiger partial charge in [0.2, 0.25) is 11.8 Å². The molecule has 0 aromatic heterocycles. The zero-order valence-electron chi connectivity index (χ0n) is 17.7. The van der Waals surface area contributed by atoms with E-state index in [0.717, 1.165) is 36.8 Å². The quantitative estimate of drug-likeness (QED) is 0.695. The molecule has 0 saturated heterocycles. The van der Waals surface area contributed by atoms with Crippen LogP contribution in [0, 0.1) is 13.8 Å². The van der Waals surface area contributed by atoms with Crippen LogP contribution < -0.4 is 10.6 Å². The Morgan fingerprint density at radius 1 is 0.700 bits per heavy atom. The molecule has 3 rings (SSSR count). The molecule has 0 unspecified atom stereocenters. The summed E-state index contributed by atoms with van der Waals surface area (Å²) in [7, 11) is 0. The van der Waals surface area contributed by atoms with Crippen LogP contribution >= 0.6 is 0 Å². The summed E-state index contributed by atoms with van der Waals surface area (Å²) in [4.78, 5) is 24.8. The minimum absolute atomic E-state index is 0.0503. The Hall–Kier alpha value is -3.14. The molecule has 2 aromatic carbocycles. The number of amides is 2. The van der Waals surface area contributed by atoms with E-state index in [2.05, 4.69) is 10.6 Å². The number of hydrogen-bond donors (Lipinski definition) is 2. The van der Waals surface area contributed by atoms with Crippen LogP contribution in [0.3, 0.4) is 0 Å². The first kappa shape index (κ1) is 21.6. The third-order valence-electron chi connectivity index (χ3n) is 5.43. The van der Waals surface area contributed by atoms with Gasteiger partial charge in [-0.15, -0.1) is 0 Å². The number of nitrogens with one attached hydrogen (secondary N) is 2. The molecule has 4 heteroatoms. The maximum atomic E-state index is 12.4. The molecule has 1 aliphatic carbocycles. The van der Waals surface area contributed by atoms with Crippen LogP contribution in [0.4, 0.5) is 0 Å². The lowest BCUT2D eigenvalue weighted by Crippen LogP contribution is -2.52. The van der Waals surface area contributed by atoms with Gasteiger partial charge in [-0.3, -0.25) is 9.59 Å². The predicted octanol–water partition coefficient (Wildman–Crippen LogP) is 4.57. The Balaban J connectivity index is 1.54. The number of carbonyl (C=O) groups is 2. The number of benzene rings is 2. The lowest BCUT2D eigenvalue weighted by Gasteiger charge is -2.32. The predicted molar refractivity (Wildman–Crippen MR) is 123 cm³/mol. The summed E-state index contributed by atoms with van der Waals surface area (Å²) < 4.78 is 0. The number of rotatable bonds is 6. The minimum atomic E-state index is -0.128. The van der Waals surface area contributed by atoms with E-state index >= 15 is 0 Å². The minimum Gasteiger partial charge on any atom is -0.348 e. The molecule has 1 saturated carbocycles. The van der Waals surface area contributed by atoms with E-state index in [1.807, 2.05) is 74.5 Å². The van der Waals surface area contributed by atoms with Crippen molar-refractivity contribution < 1.29 is 9.59 Å². The van der Waals surface area contributed by atoms with Gasteiger partial charge in [0.05, 0.1) is 0 Å². The van der Waals surface area contributed by atoms with Gasteiger partial charge in [0.15, 0.2) is 0 Å². The molecule has 0 bridgehead atoms. The van der Waals surface area contributed by atoms with Crippen molar-refractivity contribution in [3.8, 4) is 0 Å². The van der Waals surface area contributed by atoms with Crippen LogP contribution in [0.5, 0.6) is 0 Å². The number of aryl methyl sites for hydroxylation is 2. The van der Waals surface area contributed by atoms with Crippen molar-refractivity contribution in [1.29, 1.82) is 0 Å². The van der Waals surface area contributed by atoms with Gasteiger partial charge < -0.3 is 10.6 Å². The molecule has 4 nitrogen and oxygen atoms in total. The third-order valence-corrected chi connectivity index (χ3v) is 5.43. The highest BCUT2D eigenvalue weighted by Gasteiger charge is 2.26. The molecule has 2 amide bonds. The van der Waals surface area contributed by atoms with Crippen LogP contribution in [0.1, 0.15) is 47.9 Å². The largest absolute Gasteiger partial charge is 0.348 e. The van der Waals surface area contributed by atoms with Crippen molar-refractivity contribution in [2.24, 2.45) is 0 Å². The zero-order chi connectivity index (χ0) is 21.3. The topological polar surface area (TPSA) is 58.2 Å². The third kappa shape index (κ3) is 6.73. The second-order valence-electron chi connectivity index (χ2n) is 8.00. The summed E-state index contributed by atoms with van der Waals surface area (Å²) in [6.07, 6.45) is 10.6. The summed E-state index contributed by atoms with van der Waals surface area (Å²) in [6.45, 7) is 4.07. The van der Waals surface area contributed by atoms with Crippen LogP contribution in [0.15, 0.2) is 60.7 Å². The molecule has 30 heavy (non-hydrogen) atoms. The van der Waals surface area contributed by atoms with E-state index in [1.54, 1.807) is 12.2 Å². The maximum Gasteiger partial charge on any atom is 0.244 e. The Labute approximate surface area is 179 Å². The lowest BCUT2D eigenvalue weighted by molar-refractivity contribution is -0.120. The molecule has 2 aromatic rings. The van der Waals surface area contributed by atoms with Crippen LogP contribution in [0.25, 0.3) is 12.2 Å². The first-order valence-electron chi connectivity index (χ1n) is 10.6. The van der Waals surface area contributed by atoms with Crippen molar-refractivity contribution >= 4 is 24.0 Å². The van der Waals surface area contributed by atoms with Gasteiger partial charge in [-0.05, 0) is 50.0 Å². The fourth-order valence-corrected chi connectivity index (χ4v) is 3.64. The maximum absolute atomic E-state index is 12.4. The van der Waals surface area contributed by atoms with Gasteiger partial charge in [-0.25, -0.2) is 0 Å². The van der Waals surface area contributed by atoms with Gasteiger partial charge in [0.1, 0.15) is 0 Å². The zero-order valence-corrected chi connectivity index (χ0v) is 17.7. The van der Waals surface area contributed by atoms with E-state index in [1.165, 1.54) is 11.1 Å². The van der Waals surface area contributed by atoms with Crippen molar-refractivity contribution in [2.45, 2.75) is 51.6 Å². The van der Waals surface area contributed by atoms with E-state index in [9.17, 15) is 9.59 Å². The Morgan fingerprint density at radius 3 is 1.43 bits per heavy atom. The Bertz CT molecular complexity index is 834. The normalized spacial score (nSPS) is 19.1. The SMILES string of the molecule is Cc1ccc(/C=C/C(=O)N[C@H]2CCCC[C@@H]2NC(=O)/C=C/c2ccc(C)cc2)cc1. The summed E-state index contributed by atoms with van der Waals surface area (Å²) in [5, 5.41) is 6.14. The lowest BCUT2D eigenvalue weighted by atomic mass is 9.90. The van der Waals surface area contributed by atoms with Gasteiger partial charge in [-0.2, -0.15) is 0 Å². The molecule has 2 N–H and O–H groups in total. The molecule has 0 spiro atoms. The molecular weight excluding hydrogens is 372 g/mol. The standard InChI is InChI=1S/C26H30N2O2/c1-19-7-11-21(12-8-19)15-17-25(29)27-23-5-3-4-6-24(23)28-26(30)18-16-22-13-9-20(2)10-14-22/h7-18,23-24H,3-6H2,1-2H3,(H,27,29)(H,28,30)/b17-15+,18-16+/t23-,24-/m0/s1. The molecule has 0 radical (unpaired) electrons. The van der Waals surface area contributed by atoms with E-state index < -0.39 is 0 Å². The Kier molecular flexibility index (Phi) is 7.61. The van der Waals surface area contributed by atoms with Gasteiger partial charge >= 0.3 is 0 Å². The fraction of sp³-hybridized carbons (Fsp3) is 0.308. The van der Waals surface area contributed by atoms with Crippen LogP contribution in [-0.2, 0) is 9.59 Å². The molecular formula is C26H30N2O2. The van der Waals surface area contributed by atoms with Crippen molar-refractivity contribution in [1.82, 2.24) is 10.6 Å². The average molecular weight is 403 g/mol. The number of carbonyl (C=O) groups excluding carboxylic acids is 2. The molecule has 2 atom stereocenters. The first-order chi connectivity index (χ1) is 14.5. The average Bonchev–Trinajstić information content (AvgIpc) is 2.74. The van der Waals surface area contributed by atoms with Gasteiger partial charge in [-0.1, -0.05) is 72.5 Å². The second kappa shape index (κ2) is 10.6. The van der Waals surface area contributed by atoms with Crippen LogP contribution in [-0.4, -0.2) is 23.9 Å². The smallest absolute Gasteiger partial charge is 0.244 e. The summed E-state index contributed by atoms with van der Waals surface area (Å²) in [5.74, 6) is -0.256. The van der Waals surface area contributed by atoms with Crippen molar-refractivity contribution in [2.75, 3.05) is 0 Å². The van der Waals surface area contributed by atoms with Gasteiger partial charge in [0, 0.05) is 24.2 Å². The fourth-order valence-electron chi connectivity index (χ4n) is 3.64. The van der Waals surface area contributed by atoms with E-state index in [0.29, 0.717) is 0 Å². The summed E-state index contributed by atoms with van der Waals surface area (Å²) in [6, 6.07) is 15.9. The first-order valence-corrected chi connectivity index (χ1v) is 10.6. The van der Waals surface area contributed by atoms with Crippen LogP contribution in [0.2, 0.25) is 0 Å². The summed E-state index contributed by atoms with van der Waals surface area (Å²) >= 11 is 0. The highest BCUT2D eigenvalue weighted by molar-refractivity contribution is 5.93. The van der Waals surface area contributed by atoms with Crippen molar-refractivity contribution in [3.63, 3.8) is 0 Å². The molecule has 156 valence electrons. The number of hydrogen-bond acceptors (Lipinski definition) is 2. The summed E-state index contributed by atoms with van der Waals surface area (Å²) in [5.41, 5.74) is 4.36. The molecule has 0 aliphatic heterocycles. The van der Waals surface area contributed by atoms with E-state index in [4.69, 9.17) is 0 Å². The van der Waals surface area contributed by atoms with Gasteiger partial charge in [0.25, 0.3) is 0 Å². The monoisotopic (exact) mass is 402 g/mol.